The molecule has 0 spiro atoms. The van der Waals surface area contributed by atoms with Crippen molar-refractivity contribution in [3.63, 3.8) is 0 Å². The van der Waals surface area contributed by atoms with Gasteiger partial charge in [0.2, 0.25) is 0 Å². The Kier molecular flexibility index (Phi) is 2.35. The monoisotopic (exact) mass is 303 g/mol. The number of benzene rings is 1. The minimum Gasteiger partial charge on any atom is -0.327 e. The van der Waals surface area contributed by atoms with Crippen molar-refractivity contribution in [3.8, 4) is 11.3 Å². The van der Waals surface area contributed by atoms with Gasteiger partial charge in [-0.25, -0.2) is 4.98 Å². The quantitative estimate of drug-likeness (QED) is 0.924. The fraction of sp³-hybridized carbons (Fsp3) is 0.357. The minimum atomic E-state index is 0.660. The summed E-state index contributed by atoms with van der Waals surface area (Å²) in [6, 6.07) is 9.12. The molecule has 4 rings (SSSR count). The molecule has 1 aromatic carbocycles. The number of halogens is 1. The summed E-state index contributed by atoms with van der Waals surface area (Å²) >= 11 is 3.48. The van der Waals surface area contributed by atoms with Gasteiger partial charge >= 0.3 is 0 Å². The zero-order chi connectivity index (χ0) is 12.1. The second-order valence-electron chi connectivity index (χ2n) is 5.17. The maximum atomic E-state index is 4.34. The van der Waals surface area contributed by atoms with Crippen molar-refractivity contribution in [1.29, 1.82) is 0 Å². The average Bonchev–Trinajstić information content (AvgIpc) is 2.83. The topological polar surface area (TPSA) is 29.9 Å². The summed E-state index contributed by atoms with van der Waals surface area (Å²) in [6.07, 6.45) is 3.96. The highest BCUT2D eigenvalue weighted by atomic mass is 79.9. The summed E-state index contributed by atoms with van der Waals surface area (Å²) in [4.78, 5) is 4.34. The molecule has 1 saturated heterocycles. The molecule has 3 nitrogen and oxygen atoms in total. The molecule has 2 heterocycles. The smallest absolute Gasteiger partial charge is 0.0953 e. The highest BCUT2D eigenvalue weighted by molar-refractivity contribution is 9.10. The second-order valence-corrected chi connectivity index (χ2v) is 6.09. The van der Waals surface area contributed by atoms with Gasteiger partial charge in [-0.3, -0.25) is 0 Å². The zero-order valence-electron chi connectivity index (χ0n) is 9.88. The van der Waals surface area contributed by atoms with Gasteiger partial charge in [-0.05, 0) is 29.5 Å². The molecule has 1 aliphatic carbocycles. The van der Waals surface area contributed by atoms with E-state index in [9.17, 15) is 0 Å². The van der Waals surface area contributed by atoms with Crippen LogP contribution in [0.4, 0.5) is 0 Å². The van der Waals surface area contributed by atoms with Gasteiger partial charge in [0.25, 0.3) is 0 Å². The van der Waals surface area contributed by atoms with Crippen LogP contribution < -0.4 is 5.32 Å². The molecule has 2 fully saturated rings. The molecule has 2 aliphatic rings. The molecule has 0 bridgehead atoms. The van der Waals surface area contributed by atoms with E-state index in [-0.39, 0.29) is 0 Å². The summed E-state index contributed by atoms with van der Waals surface area (Å²) in [5, 5.41) is 3.44. The van der Waals surface area contributed by atoms with Crippen LogP contribution in [0.1, 0.15) is 6.04 Å². The standard InChI is InChI=1S/C14H14BrN3/c15-10-3-1-9(2-4-10)13-7-17-8-18(13)14-11-5-16-6-12(11)14/h1-4,7-8,11-12,14,16H,5-6H2. The summed E-state index contributed by atoms with van der Waals surface area (Å²) in [5.74, 6) is 1.63. The van der Waals surface area contributed by atoms with Crippen molar-refractivity contribution in [1.82, 2.24) is 14.9 Å². The largest absolute Gasteiger partial charge is 0.327 e. The molecule has 92 valence electrons. The third kappa shape index (κ3) is 1.56. The fourth-order valence-electron chi connectivity index (χ4n) is 3.18. The first-order valence-electron chi connectivity index (χ1n) is 6.33. The van der Waals surface area contributed by atoms with Gasteiger partial charge in [0.1, 0.15) is 0 Å². The molecule has 1 saturated carbocycles. The van der Waals surface area contributed by atoms with Crippen molar-refractivity contribution in [2.75, 3.05) is 13.1 Å². The van der Waals surface area contributed by atoms with Crippen LogP contribution in [0, 0.1) is 11.8 Å². The molecule has 0 radical (unpaired) electrons. The van der Waals surface area contributed by atoms with Crippen molar-refractivity contribution < 1.29 is 0 Å². The van der Waals surface area contributed by atoms with Crippen molar-refractivity contribution in [2.24, 2.45) is 11.8 Å². The molecule has 1 aliphatic heterocycles. The SMILES string of the molecule is Brc1ccc(-c2cncn2C2C3CNCC32)cc1. The Bertz CT molecular complexity index is 565. The van der Waals surface area contributed by atoms with Crippen LogP contribution in [-0.2, 0) is 0 Å². The molecular formula is C14H14BrN3. The van der Waals surface area contributed by atoms with E-state index < -0.39 is 0 Å². The van der Waals surface area contributed by atoms with Crippen LogP contribution in [0.2, 0.25) is 0 Å². The van der Waals surface area contributed by atoms with Gasteiger partial charge in [-0.15, -0.1) is 0 Å². The molecule has 18 heavy (non-hydrogen) atoms. The van der Waals surface area contributed by atoms with E-state index in [4.69, 9.17) is 0 Å². The molecule has 1 N–H and O–H groups in total. The van der Waals surface area contributed by atoms with Crippen LogP contribution in [0.25, 0.3) is 11.3 Å². The summed E-state index contributed by atoms with van der Waals surface area (Å²) in [5.41, 5.74) is 2.48. The van der Waals surface area contributed by atoms with E-state index in [0.717, 1.165) is 29.4 Å². The number of nitrogens with zero attached hydrogens (tertiary/aromatic N) is 2. The molecule has 0 amide bonds. The number of aromatic nitrogens is 2. The van der Waals surface area contributed by atoms with E-state index in [1.165, 1.54) is 11.3 Å². The Balaban J connectivity index is 1.70. The Morgan fingerprint density at radius 1 is 1.17 bits per heavy atom. The van der Waals surface area contributed by atoms with Crippen LogP contribution in [0.15, 0.2) is 41.3 Å². The molecule has 4 heteroatoms. The van der Waals surface area contributed by atoms with Crippen LogP contribution in [0.3, 0.4) is 0 Å². The number of imidazole rings is 1. The first-order chi connectivity index (χ1) is 8.84. The maximum absolute atomic E-state index is 4.34. The second kappa shape index (κ2) is 3.93. The molecule has 2 aromatic rings. The van der Waals surface area contributed by atoms with Gasteiger partial charge in [0.05, 0.1) is 18.2 Å². The first-order valence-corrected chi connectivity index (χ1v) is 7.12. The summed E-state index contributed by atoms with van der Waals surface area (Å²) in [6.45, 7) is 2.32. The molecule has 1 aromatic heterocycles. The number of hydrogen-bond donors (Lipinski definition) is 1. The lowest BCUT2D eigenvalue weighted by atomic mass is 10.1. The Labute approximate surface area is 114 Å². The lowest BCUT2D eigenvalue weighted by Gasteiger charge is -2.10. The van der Waals surface area contributed by atoms with E-state index in [1.807, 2.05) is 12.5 Å². The van der Waals surface area contributed by atoms with Crippen molar-refractivity contribution >= 4 is 15.9 Å². The Hall–Kier alpha value is -1.13. The maximum Gasteiger partial charge on any atom is 0.0953 e. The van der Waals surface area contributed by atoms with E-state index in [2.05, 4.69) is 55.1 Å². The molecule has 2 atom stereocenters. The lowest BCUT2D eigenvalue weighted by molar-refractivity contribution is 0.573. The van der Waals surface area contributed by atoms with Gasteiger partial charge in [0, 0.05) is 23.6 Å². The molecule has 2 unspecified atom stereocenters. The highest BCUT2D eigenvalue weighted by Gasteiger charge is 2.54. The van der Waals surface area contributed by atoms with Crippen LogP contribution in [0.5, 0.6) is 0 Å². The number of piperidine rings is 1. The lowest BCUT2D eigenvalue weighted by Crippen LogP contribution is -2.16. The highest BCUT2D eigenvalue weighted by Crippen LogP contribution is 2.53. The number of rotatable bonds is 2. The number of fused-ring (bicyclic) bond motifs is 1. The number of hydrogen-bond acceptors (Lipinski definition) is 2. The normalized spacial score (nSPS) is 29.3. The first kappa shape index (κ1) is 10.8. The van der Waals surface area contributed by atoms with Gasteiger partial charge in [-0.2, -0.15) is 0 Å². The van der Waals surface area contributed by atoms with E-state index in [1.54, 1.807) is 0 Å². The summed E-state index contributed by atoms with van der Waals surface area (Å²) < 4.78 is 3.48. The Morgan fingerprint density at radius 3 is 2.61 bits per heavy atom. The predicted molar refractivity (Wildman–Crippen MR) is 74.2 cm³/mol. The van der Waals surface area contributed by atoms with Crippen molar-refractivity contribution in [3.05, 3.63) is 41.3 Å². The van der Waals surface area contributed by atoms with E-state index >= 15 is 0 Å². The van der Waals surface area contributed by atoms with Crippen LogP contribution in [-0.4, -0.2) is 22.6 Å². The third-order valence-electron chi connectivity index (χ3n) is 4.17. The minimum absolute atomic E-state index is 0.660. The van der Waals surface area contributed by atoms with E-state index in [0.29, 0.717) is 6.04 Å². The fourth-order valence-corrected chi connectivity index (χ4v) is 3.45. The van der Waals surface area contributed by atoms with Gasteiger partial charge < -0.3 is 9.88 Å². The van der Waals surface area contributed by atoms with Crippen molar-refractivity contribution in [2.45, 2.75) is 6.04 Å². The summed E-state index contributed by atoms with van der Waals surface area (Å²) in [7, 11) is 0. The molecular weight excluding hydrogens is 290 g/mol. The predicted octanol–water partition coefficient (Wildman–Crippen LogP) is 2.70. The number of nitrogens with one attached hydrogen (secondary N) is 1. The average molecular weight is 304 g/mol. The Morgan fingerprint density at radius 2 is 1.89 bits per heavy atom. The zero-order valence-corrected chi connectivity index (χ0v) is 11.5. The van der Waals surface area contributed by atoms with Gasteiger partial charge in [0.15, 0.2) is 0 Å². The van der Waals surface area contributed by atoms with Crippen LogP contribution >= 0.6 is 15.9 Å². The van der Waals surface area contributed by atoms with Gasteiger partial charge in [-0.1, -0.05) is 28.1 Å². The third-order valence-corrected chi connectivity index (χ3v) is 4.70.